The quantitative estimate of drug-likeness (QED) is 0.726. The normalized spacial score (nSPS) is 23.8. The van der Waals surface area contributed by atoms with Crippen LogP contribution in [0, 0.1) is 5.92 Å². The van der Waals surface area contributed by atoms with Gasteiger partial charge in [0, 0.05) is 49.9 Å². The lowest BCUT2D eigenvalue weighted by Gasteiger charge is -2.30. The van der Waals surface area contributed by atoms with Gasteiger partial charge in [0.15, 0.2) is 0 Å². The van der Waals surface area contributed by atoms with Crippen LogP contribution >= 0.6 is 0 Å². The van der Waals surface area contributed by atoms with Gasteiger partial charge in [0.05, 0.1) is 5.25 Å². The summed E-state index contributed by atoms with van der Waals surface area (Å²) in [6, 6.07) is 8.53. The third kappa shape index (κ3) is 5.70. The first-order valence-corrected chi connectivity index (χ1v) is 12.0. The van der Waals surface area contributed by atoms with Gasteiger partial charge >= 0.3 is 0 Å². The Labute approximate surface area is 169 Å². The first-order valence-electron chi connectivity index (χ1n) is 10.4. The van der Waals surface area contributed by atoms with Gasteiger partial charge in [-0.25, -0.2) is 13.1 Å². The molecule has 7 heteroatoms. The summed E-state index contributed by atoms with van der Waals surface area (Å²) in [7, 11) is -3.18. The van der Waals surface area contributed by atoms with E-state index in [1.165, 1.54) is 5.69 Å². The van der Waals surface area contributed by atoms with E-state index in [4.69, 9.17) is 0 Å². The third-order valence-corrected chi connectivity index (χ3v) is 7.85. The molecule has 28 heavy (non-hydrogen) atoms. The maximum atomic E-state index is 12.0. The van der Waals surface area contributed by atoms with Crippen LogP contribution in [0.1, 0.15) is 52.4 Å². The second kappa shape index (κ2) is 9.27. The molecule has 0 amide bonds. The molecular weight excluding hydrogens is 374 g/mol. The smallest absolute Gasteiger partial charge is 0.214 e. The van der Waals surface area contributed by atoms with E-state index in [0.717, 1.165) is 51.0 Å². The molecule has 6 nitrogen and oxygen atoms in total. The van der Waals surface area contributed by atoms with Gasteiger partial charge in [0.2, 0.25) is 10.0 Å². The van der Waals surface area contributed by atoms with Crippen LogP contribution in [0.4, 0.5) is 11.4 Å². The lowest BCUT2D eigenvalue weighted by Crippen LogP contribution is -2.41. The number of ketones is 1. The Bertz CT molecular complexity index is 744. The van der Waals surface area contributed by atoms with Crippen molar-refractivity contribution < 1.29 is 13.2 Å². The molecule has 0 spiro atoms. The van der Waals surface area contributed by atoms with Gasteiger partial charge < -0.3 is 10.2 Å². The van der Waals surface area contributed by atoms with E-state index in [-0.39, 0.29) is 11.3 Å². The average Bonchev–Trinajstić information content (AvgIpc) is 2.68. The topological polar surface area (TPSA) is 78.5 Å². The molecule has 2 fully saturated rings. The number of carbonyl (C=O) groups excluding carboxylic acids is 1. The molecule has 1 aromatic rings. The van der Waals surface area contributed by atoms with Crippen molar-refractivity contribution in [3.8, 4) is 0 Å². The SMILES string of the molecule is CC(C)S(=O)(=O)NC1CCC(CNc2ccc(N3CCC(=O)CC3)cc2)CC1. The molecule has 1 aliphatic heterocycles. The molecule has 1 aromatic carbocycles. The van der Waals surface area contributed by atoms with E-state index in [1.54, 1.807) is 13.8 Å². The molecule has 0 bridgehead atoms. The maximum Gasteiger partial charge on any atom is 0.214 e. The second-order valence-corrected chi connectivity index (χ2v) is 10.7. The first-order chi connectivity index (χ1) is 13.3. The number of benzene rings is 1. The van der Waals surface area contributed by atoms with Crippen molar-refractivity contribution in [1.82, 2.24) is 4.72 Å². The Kier molecular flexibility index (Phi) is 6.99. The Morgan fingerprint density at radius 2 is 1.64 bits per heavy atom. The number of hydrogen-bond donors (Lipinski definition) is 2. The van der Waals surface area contributed by atoms with Crippen molar-refractivity contribution in [3.05, 3.63) is 24.3 Å². The van der Waals surface area contributed by atoms with E-state index < -0.39 is 10.0 Å². The van der Waals surface area contributed by atoms with Crippen LogP contribution in [-0.4, -0.2) is 45.1 Å². The van der Waals surface area contributed by atoms with Gasteiger partial charge in [-0.2, -0.15) is 0 Å². The summed E-state index contributed by atoms with van der Waals surface area (Å²) in [5, 5.41) is 3.15. The van der Waals surface area contributed by atoms with Crippen LogP contribution in [0.3, 0.4) is 0 Å². The van der Waals surface area contributed by atoms with Gasteiger partial charge in [-0.1, -0.05) is 0 Å². The summed E-state index contributed by atoms with van der Waals surface area (Å²) in [6.07, 6.45) is 5.19. The van der Waals surface area contributed by atoms with Crippen LogP contribution in [0.15, 0.2) is 24.3 Å². The molecule has 1 saturated carbocycles. The molecule has 156 valence electrons. The summed E-state index contributed by atoms with van der Waals surface area (Å²) >= 11 is 0. The lowest BCUT2D eigenvalue weighted by molar-refractivity contribution is -0.119. The Morgan fingerprint density at radius 3 is 2.21 bits per heavy atom. The molecule has 0 radical (unpaired) electrons. The highest BCUT2D eigenvalue weighted by Gasteiger charge is 2.26. The minimum atomic E-state index is -3.18. The first kappa shape index (κ1) is 21.1. The number of nitrogens with one attached hydrogen (secondary N) is 2. The molecule has 0 aromatic heterocycles. The number of nitrogens with zero attached hydrogens (tertiary/aromatic N) is 1. The highest BCUT2D eigenvalue weighted by Crippen LogP contribution is 2.26. The predicted molar refractivity (Wildman–Crippen MR) is 114 cm³/mol. The number of carbonyl (C=O) groups is 1. The van der Waals surface area contributed by atoms with Crippen LogP contribution < -0.4 is 14.9 Å². The molecule has 2 aliphatic rings. The summed E-state index contributed by atoms with van der Waals surface area (Å²) in [4.78, 5) is 13.6. The summed E-state index contributed by atoms with van der Waals surface area (Å²) in [5.41, 5.74) is 2.29. The number of piperidine rings is 1. The van der Waals surface area contributed by atoms with Crippen LogP contribution in [-0.2, 0) is 14.8 Å². The minimum absolute atomic E-state index is 0.0827. The third-order valence-electron chi connectivity index (χ3n) is 5.95. The fourth-order valence-electron chi connectivity index (χ4n) is 3.92. The highest BCUT2D eigenvalue weighted by atomic mass is 32.2. The number of Topliss-reactive ketones (excluding diaryl/α,β-unsaturated/α-hetero) is 1. The Morgan fingerprint density at radius 1 is 1.04 bits per heavy atom. The van der Waals surface area contributed by atoms with Crippen molar-refractivity contribution in [2.45, 2.75) is 63.7 Å². The van der Waals surface area contributed by atoms with Crippen molar-refractivity contribution >= 4 is 27.2 Å². The van der Waals surface area contributed by atoms with E-state index in [1.807, 2.05) is 0 Å². The summed E-state index contributed by atoms with van der Waals surface area (Å²) in [6.45, 7) is 5.98. The number of anilines is 2. The van der Waals surface area contributed by atoms with Gasteiger partial charge in [-0.05, 0) is 69.7 Å². The predicted octanol–water partition coefficient (Wildman–Crippen LogP) is 3.15. The zero-order valence-corrected chi connectivity index (χ0v) is 17.8. The lowest BCUT2D eigenvalue weighted by atomic mass is 9.86. The summed E-state index contributed by atoms with van der Waals surface area (Å²) < 4.78 is 26.9. The summed E-state index contributed by atoms with van der Waals surface area (Å²) in [5.74, 6) is 0.939. The molecular formula is C21H33N3O3S. The fourth-order valence-corrected chi connectivity index (χ4v) is 4.89. The van der Waals surface area contributed by atoms with E-state index in [0.29, 0.717) is 24.5 Å². The van der Waals surface area contributed by atoms with Gasteiger partial charge in [-0.3, -0.25) is 4.79 Å². The second-order valence-electron chi connectivity index (χ2n) is 8.38. The standard InChI is InChI=1S/C21H33N3O3S/c1-16(2)28(26,27)23-19-5-3-17(4-6-19)15-22-18-7-9-20(10-8-18)24-13-11-21(25)12-14-24/h7-10,16-17,19,22-23H,3-6,11-15H2,1-2H3. The van der Waals surface area contributed by atoms with Gasteiger partial charge in [0.1, 0.15) is 5.78 Å². The minimum Gasteiger partial charge on any atom is -0.385 e. The van der Waals surface area contributed by atoms with E-state index in [2.05, 4.69) is 39.2 Å². The van der Waals surface area contributed by atoms with Crippen molar-refractivity contribution in [1.29, 1.82) is 0 Å². The Balaban J connectivity index is 1.41. The fraction of sp³-hybridized carbons (Fsp3) is 0.667. The number of sulfonamides is 1. The largest absolute Gasteiger partial charge is 0.385 e. The molecule has 0 atom stereocenters. The Hall–Kier alpha value is -1.60. The molecule has 2 N–H and O–H groups in total. The van der Waals surface area contributed by atoms with Gasteiger partial charge in [-0.15, -0.1) is 0 Å². The molecule has 1 aliphatic carbocycles. The maximum absolute atomic E-state index is 12.0. The van der Waals surface area contributed by atoms with E-state index in [9.17, 15) is 13.2 Å². The molecule has 0 unspecified atom stereocenters. The molecule has 3 rings (SSSR count). The monoisotopic (exact) mass is 407 g/mol. The number of rotatable bonds is 7. The van der Waals surface area contributed by atoms with Crippen LogP contribution in [0.25, 0.3) is 0 Å². The zero-order chi connectivity index (χ0) is 20.1. The van der Waals surface area contributed by atoms with Crippen molar-refractivity contribution in [3.63, 3.8) is 0 Å². The van der Waals surface area contributed by atoms with Crippen molar-refractivity contribution in [2.24, 2.45) is 5.92 Å². The van der Waals surface area contributed by atoms with Crippen molar-refractivity contribution in [2.75, 3.05) is 29.9 Å². The van der Waals surface area contributed by atoms with Crippen LogP contribution in [0.5, 0.6) is 0 Å². The zero-order valence-electron chi connectivity index (χ0n) is 17.0. The number of hydrogen-bond acceptors (Lipinski definition) is 5. The highest BCUT2D eigenvalue weighted by molar-refractivity contribution is 7.90. The van der Waals surface area contributed by atoms with E-state index >= 15 is 0 Å². The molecule has 1 heterocycles. The van der Waals surface area contributed by atoms with Gasteiger partial charge in [0.25, 0.3) is 0 Å². The molecule has 1 saturated heterocycles. The van der Waals surface area contributed by atoms with Crippen LogP contribution in [0.2, 0.25) is 0 Å². The average molecular weight is 408 g/mol.